The molecule has 1 aliphatic heterocycles. The van der Waals surface area contributed by atoms with Crippen LogP contribution in [0.2, 0.25) is 0 Å². The normalized spacial score (nSPS) is 25.2. The molecule has 0 radical (unpaired) electrons. The number of rotatable bonds is 4. The zero-order chi connectivity index (χ0) is 20.4. The molecule has 1 aromatic rings. The van der Waals surface area contributed by atoms with E-state index < -0.39 is 40.9 Å². The summed E-state index contributed by atoms with van der Waals surface area (Å²) in [5.41, 5.74) is -1.27. The fourth-order valence-corrected chi connectivity index (χ4v) is 3.77. The van der Waals surface area contributed by atoms with Crippen molar-refractivity contribution >= 4 is 29.4 Å². The van der Waals surface area contributed by atoms with Crippen LogP contribution in [0.4, 0.5) is 0 Å². The smallest absolute Gasteiger partial charge is 0.331 e. The van der Waals surface area contributed by atoms with Crippen LogP contribution in [0.25, 0.3) is 0 Å². The molecule has 7 heteroatoms. The summed E-state index contributed by atoms with van der Waals surface area (Å²) in [5, 5.41) is 0. The number of methoxy groups -OCH3 is 1. The number of benzene rings is 1. The van der Waals surface area contributed by atoms with Crippen LogP contribution in [0.15, 0.2) is 30.3 Å². The second-order valence-corrected chi connectivity index (χ2v) is 8.13. The minimum absolute atomic E-state index is 0.0940. The van der Waals surface area contributed by atoms with E-state index in [2.05, 4.69) is 0 Å². The Hall–Kier alpha value is -2.08. The van der Waals surface area contributed by atoms with Crippen LogP contribution >= 0.6 is 11.6 Å². The van der Waals surface area contributed by atoms with Crippen molar-refractivity contribution in [2.75, 3.05) is 13.0 Å². The van der Waals surface area contributed by atoms with E-state index in [1.807, 2.05) is 30.3 Å². The monoisotopic (exact) mass is 395 g/mol. The lowest BCUT2D eigenvalue weighted by Crippen LogP contribution is -2.52. The molecule has 1 aromatic carbocycles. The van der Waals surface area contributed by atoms with E-state index in [1.165, 1.54) is 12.0 Å². The van der Waals surface area contributed by atoms with Gasteiger partial charge in [-0.25, -0.2) is 4.79 Å². The molecule has 3 atom stereocenters. The molecule has 0 saturated carbocycles. The van der Waals surface area contributed by atoms with Gasteiger partial charge in [-0.2, -0.15) is 0 Å². The van der Waals surface area contributed by atoms with Gasteiger partial charge in [-0.1, -0.05) is 30.3 Å². The van der Waals surface area contributed by atoms with Crippen molar-refractivity contribution in [1.82, 2.24) is 4.90 Å². The predicted octanol–water partition coefficient (Wildman–Crippen LogP) is 3.09. The van der Waals surface area contributed by atoms with Crippen molar-refractivity contribution in [2.45, 2.75) is 51.3 Å². The maximum absolute atomic E-state index is 13.0. The minimum Gasteiger partial charge on any atom is -0.467 e. The molecule has 1 saturated heterocycles. The van der Waals surface area contributed by atoms with Crippen LogP contribution in [-0.2, 0) is 23.9 Å². The van der Waals surface area contributed by atoms with Crippen LogP contribution in [0.1, 0.15) is 45.7 Å². The summed E-state index contributed by atoms with van der Waals surface area (Å²) in [6, 6.07) is 8.45. The summed E-state index contributed by atoms with van der Waals surface area (Å²) in [7, 11) is 1.26. The molecule has 148 valence electrons. The highest BCUT2D eigenvalue weighted by molar-refractivity contribution is 6.27. The number of likely N-dealkylation sites (tertiary alicyclic amines) is 1. The van der Waals surface area contributed by atoms with Crippen LogP contribution in [0.3, 0.4) is 0 Å². The van der Waals surface area contributed by atoms with Gasteiger partial charge >= 0.3 is 11.9 Å². The number of nitrogens with zero attached hydrogens (tertiary/aromatic N) is 1. The molecule has 0 unspecified atom stereocenters. The Morgan fingerprint density at radius 2 is 1.81 bits per heavy atom. The van der Waals surface area contributed by atoms with Gasteiger partial charge < -0.3 is 14.4 Å². The average molecular weight is 396 g/mol. The Bertz CT molecular complexity index is 715. The average Bonchev–Trinajstić information content (AvgIpc) is 2.94. The first-order valence-corrected chi connectivity index (χ1v) is 9.33. The van der Waals surface area contributed by atoms with Gasteiger partial charge in [0, 0.05) is 0 Å². The molecule has 0 bridgehead atoms. The maximum Gasteiger partial charge on any atom is 0.331 e. The summed E-state index contributed by atoms with van der Waals surface area (Å²) in [6.07, 6.45) is 0.0940. The summed E-state index contributed by atoms with van der Waals surface area (Å²) in [5.74, 6) is -2.52. The van der Waals surface area contributed by atoms with Gasteiger partial charge in [-0.15, -0.1) is 11.6 Å². The number of carbonyl (C=O) groups excluding carboxylic acids is 3. The van der Waals surface area contributed by atoms with E-state index in [4.69, 9.17) is 21.1 Å². The van der Waals surface area contributed by atoms with Gasteiger partial charge in [0.2, 0.25) is 5.91 Å². The van der Waals surface area contributed by atoms with Crippen molar-refractivity contribution in [3.8, 4) is 0 Å². The van der Waals surface area contributed by atoms with Gasteiger partial charge in [0.05, 0.1) is 19.1 Å². The summed E-state index contributed by atoms with van der Waals surface area (Å²) >= 11 is 5.83. The zero-order valence-corrected chi connectivity index (χ0v) is 17.1. The number of hydrogen-bond acceptors (Lipinski definition) is 5. The number of amides is 1. The lowest BCUT2D eigenvalue weighted by molar-refractivity contribution is -0.161. The molecule has 1 amide bonds. The standard InChI is InChI=1S/C20H26ClNO5/c1-19(2,3)27-17(24)14-11-20(4,18(25)26-5)22(15(23)12-21)16(14)13-9-7-6-8-10-13/h6-10,14,16H,11-12H2,1-5H3/t14-,16-,20-/m0/s1. The van der Waals surface area contributed by atoms with Gasteiger partial charge in [-0.3, -0.25) is 9.59 Å². The number of hydrogen-bond donors (Lipinski definition) is 0. The highest BCUT2D eigenvalue weighted by atomic mass is 35.5. The van der Waals surface area contributed by atoms with Crippen LogP contribution in [0, 0.1) is 5.92 Å². The first kappa shape index (κ1) is 21.2. The molecule has 0 N–H and O–H groups in total. The highest BCUT2D eigenvalue weighted by Crippen LogP contribution is 2.48. The fourth-order valence-electron chi connectivity index (χ4n) is 3.64. The van der Waals surface area contributed by atoms with Gasteiger partial charge in [0.25, 0.3) is 0 Å². The first-order chi connectivity index (χ1) is 12.5. The van der Waals surface area contributed by atoms with Crippen molar-refractivity contribution < 1.29 is 23.9 Å². The summed E-state index contributed by atoms with van der Waals surface area (Å²) in [6.45, 7) is 6.93. The number of esters is 2. The van der Waals surface area contributed by atoms with Crippen molar-refractivity contribution in [3.63, 3.8) is 0 Å². The molecule has 27 heavy (non-hydrogen) atoms. The largest absolute Gasteiger partial charge is 0.467 e. The predicted molar refractivity (Wildman–Crippen MR) is 101 cm³/mol. The van der Waals surface area contributed by atoms with Crippen LogP contribution < -0.4 is 0 Å². The van der Waals surface area contributed by atoms with E-state index in [1.54, 1.807) is 27.7 Å². The lowest BCUT2D eigenvalue weighted by Gasteiger charge is -2.36. The minimum atomic E-state index is -1.32. The fraction of sp³-hybridized carbons (Fsp3) is 0.550. The highest BCUT2D eigenvalue weighted by Gasteiger charge is 2.59. The Labute approximate surface area is 164 Å². The maximum atomic E-state index is 13.0. The van der Waals surface area contributed by atoms with Crippen molar-refractivity contribution in [3.05, 3.63) is 35.9 Å². The molecular weight excluding hydrogens is 370 g/mol. The molecule has 1 fully saturated rings. The van der Waals surface area contributed by atoms with Crippen molar-refractivity contribution in [1.29, 1.82) is 0 Å². The molecule has 2 rings (SSSR count). The van der Waals surface area contributed by atoms with Gasteiger partial charge in [-0.05, 0) is 39.7 Å². The summed E-state index contributed by atoms with van der Waals surface area (Å²) < 4.78 is 10.5. The molecule has 0 aromatic heterocycles. The Balaban J connectivity index is 2.59. The topological polar surface area (TPSA) is 72.9 Å². The van der Waals surface area contributed by atoms with Gasteiger partial charge in [0.1, 0.15) is 17.0 Å². The van der Waals surface area contributed by atoms with E-state index in [0.717, 1.165) is 5.56 Å². The summed E-state index contributed by atoms with van der Waals surface area (Å²) in [4.78, 5) is 39.6. The number of ether oxygens (including phenoxy) is 2. The van der Waals surface area contributed by atoms with Crippen molar-refractivity contribution in [2.24, 2.45) is 5.92 Å². The molecule has 0 aliphatic carbocycles. The van der Waals surface area contributed by atoms with E-state index in [0.29, 0.717) is 0 Å². The number of alkyl halides is 1. The molecule has 1 heterocycles. The first-order valence-electron chi connectivity index (χ1n) is 8.79. The lowest BCUT2D eigenvalue weighted by atomic mass is 9.90. The van der Waals surface area contributed by atoms with Gasteiger partial charge in [0.15, 0.2) is 0 Å². The molecule has 1 aliphatic rings. The van der Waals surface area contributed by atoms with Crippen LogP contribution in [0.5, 0.6) is 0 Å². The van der Waals surface area contributed by atoms with E-state index in [-0.39, 0.29) is 12.3 Å². The second kappa shape index (κ2) is 7.89. The van der Waals surface area contributed by atoms with E-state index in [9.17, 15) is 14.4 Å². The Morgan fingerprint density at radius 3 is 2.30 bits per heavy atom. The second-order valence-electron chi connectivity index (χ2n) is 7.86. The molecule has 0 spiro atoms. The third-order valence-electron chi connectivity index (χ3n) is 4.67. The Morgan fingerprint density at radius 1 is 1.22 bits per heavy atom. The number of halogens is 1. The molecule has 6 nitrogen and oxygen atoms in total. The molecular formula is C20H26ClNO5. The van der Waals surface area contributed by atoms with E-state index >= 15 is 0 Å². The third-order valence-corrected chi connectivity index (χ3v) is 4.90. The zero-order valence-electron chi connectivity index (χ0n) is 16.3. The quantitative estimate of drug-likeness (QED) is 0.578. The number of carbonyl (C=O) groups is 3. The Kier molecular flexibility index (Phi) is 6.20. The SMILES string of the molecule is COC(=O)[C@]1(C)C[C@H](C(=O)OC(C)(C)C)[C@H](c2ccccc2)N1C(=O)CCl. The third kappa shape index (κ3) is 4.26. The van der Waals surface area contributed by atoms with Crippen LogP contribution in [-0.4, -0.2) is 46.9 Å².